The molecule has 0 spiro atoms. The number of carbonyl (C=O) groups is 3. The van der Waals surface area contributed by atoms with Gasteiger partial charge in [0.15, 0.2) is 0 Å². The first-order valence-electron chi connectivity index (χ1n) is 7.38. The first-order valence-corrected chi connectivity index (χ1v) is 7.38. The first-order chi connectivity index (χ1) is 9.81. The molecular formula is C14H25N3O4. The zero-order valence-electron chi connectivity index (χ0n) is 12.8. The second-order valence-corrected chi connectivity index (χ2v) is 5.91. The van der Waals surface area contributed by atoms with Gasteiger partial charge in [0.25, 0.3) is 0 Å². The highest BCUT2D eigenvalue weighted by atomic mass is 16.4. The third kappa shape index (κ3) is 5.71. The van der Waals surface area contributed by atoms with Gasteiger partial charge in [-0.05, 0) is 38.6 Å². The van der Waals surface area contributed by atoms with Crippen LogP contribution in [0.1, 0.15) is 40.0 Å². The third-order valence-corrected chi connectivity index (χ3v) is 3.45. The van der Waals surface area contributed by atoms with E-state index in [9.17, 15) is 14.4 Å². The van der Waals surface area contributed by atoms with E-state index >= 15 is 0 Å². The van der Waals surface area contributed by atoms with Crippen molar-refractivity contribution in [3.63, 3.8) is 0 Å². The molecule has 1 heterocycles. The molecule has 1 fully saturated rings. The Morgan fingerprint density at radius 1 is 1.24 bits per heavy atom. The molecule has 1 aliphatic heterocycles. The highest BCUT2D eigenvalue weighted by Crippen LogP contribution is 2.06. The van der Waals surface area contributed by atoms with Crippen LogP contribution in [0.2, 0.25) is 0 Å². The van der Waals surface area contributed by atoms with Crippen LogP contribution >= 0.6 is 0 Å². The minimum atomic E-state index is -1.06. The van der Waals surface area contributed by atoms with Crippen LogP contribution in [0.25, 0.3) is 0 Å². The topological polar surface area (TPSA) is 108 Å². The molecule has 0 radical (unpaired) electrons. The lowest BCUT2D eigenvalue weighted by Gasteiger charge is -2.21. The van der Waals surface area contributed by atoms with Gasteiger partial charge in [0.05, 0.1) is 6.04 Å². The maximum Gasteiger partial charge on any atom is 0.326 e. The molecule has 0 aromatic carbocycles. The van der Waals surface area contributed by atoms with Gasteiger partial charge < -0.3 is 21.1 Å². The van der Waals surface area contributed by atoms with Gasteiger partial charge in [0.1, 0.15) is 12.1 Å². The Hall–Kier alpha value is -1.63. The smallest absolute Gasteiger partial charge is 0.326 e. The van der Waals surface area contributed by atoms with E-state index in [-0.39, 0.29) is 17.9 Å². The minimum Gasteiger partial charge on any atom is -0.480 e. The molecule has 2 amide bonds. The summed E-state index contributed by atoms with van der Waals surface area (Å²) in [5, 5.41) is 17.2. The fraction of sp³-hybridized carbons (Fsp3) is 0.786. The summed E-state index contributed by atoms with van der Waals surface area (Å²) < 4.78 is 0. The molecule has 1 saturated heterocycles. The van der Waals surface area contributed by atoms with Crippen molar-refractivity contribution >= 4 is 17.8 Å². The second-order valence-electron chi connectivity index (χ2n) is 5.91. The molecule has 4 N–H and O–H groups in total. The summed E-state index contributed by atoms with van der Waals surface area (Å²) in [6.45, 7) is 6.13. The average Bonchev–Trinajstić information content (AvgIpc) is 2.90. The second kappa shape index (κ2) is 7.97. The summed E-state index contributed by atoms with van der Waals surface area (Å²) in [6.07, 6.45) is 2.05. The Labute approximate surface area is 124 Å². The van der Waals surface area contributed by atoms with Crippen molar-refractivity contribution in [2.75, 3.05) is 6.54 Å². The molecule has 21 heavy (non-hydrogen) atoms. The Balaban J connectivity index is 2.48. The Bertz CT molecular complexity index is 392. The van der Waals surface area contributed by atoms with Gasteiger partial charge >= 0.3 is 5.97 Å². The molecule has 3 atom stereocenters. The summed E-state index contributed by atoms with van der Waals surface area (Å²) in [5.41, 5.74) is 0. The fourth-order valence-electron chi connectivity index (χ4n) is 2.28. The van der Waals surface area contributed by atoms with Crippen LogP contribution in [-0.2, 0) is 14.4 Å². The highest BCUT2D eigenvalue weighted by molar-refractivity contribution is 5.91. The summed E-state index contributed by atoms with van der Waals surface area (Å²) in [5.74, 6) is -1.60. The van der Waals surface area contributed by atoms with Crippen molar-refractivity contribution in [1.82, 2.24) is 16.0 Å². The number of carboxylic acid groups (broad SMARTS) is 1. The maximum atomic E-state index is 12.0. The summed E-state index contributed by atoms with van der Waals surface area (Å²) in [6, 6.07) is -1.94. The number of hydrogen-bond acceptors (Lipinski definition) is 4. The number of aliphatic carboxylic acids is 1. The number of carboxylic acids is 1. The fourth-order valence-corrected chi connectivity index (χ4v) is 2.28. The van der Waals surface area contributed by atoms with E-state index in [2.05, 4.69) is 16.0 Å². The van der Waals surface area contributed by atoms with Gasteiger partial charge in [-0.1, -0.05) is 13.8 Å². The molecular weight excluding hydrogens is 274 g/mol. The Morgan fingerprint density at radius 3 is 2.38 bits per heavy atom. The predicted octanol–water partition coefficient (Wildman–Crippen LogP) is -0.141. The van der Waals surface area contributed by atoms with Crippen molar-refractivity contribution in [2.45, 2.75) is 58.2 Å². The van der Waals surface area contributed by atoms with Crippen molar-refractivity contribution in [3.8, 4) is 0 Å². The number of rotatable bonds is 7. The van der Waals surface area contributed by atoms with E-state index in [1.165, 1.54) is 0 Å². The molecule has 1 aliphatic rings. The normalized spacial score (nSPS) is 20.9. The van der Waals surface area contributed by atoms with Crippen molar-refractivity contribution in [1.29, 1.82) is 0 Å². The van der Waals surface area contributed by atoms with E-state index < -0.39 is 24.0 Å². The zero-order valence-corrected chi connectivity index (χ0v) is 12.8. The molecule has 1 rings (SSSR count). The molecule has 0 aromatic heterocycles. The highest BCUT2D eigenvalue weighted by Gasteiger charge is 2.27. The van der Waals surface area contributed by atoms with Crippen LogP contribution in [0.15, 0.2) is 0 Å². The van der Waals surface area contributed by atoms with E-state index in [1.807, 2.05) is 13.8 Å². The van der Waals surface area contributed by atoms with Crippen LogP contribution in [0.5, 0.6) is 0 Å². The van der Waals surface area contributed by atoms with E-state index in [1.54, 1.807) is 6.92 Å². The van der Waals surface area contributed by atoms with Crippen LogP contribution in [0.4, 0.5) is 0 Å². The van der Waals surface area contributed by atoms with E-state index in [0.29, 0.717) is 6.42 Å². The zero-order chi connectivity index (χ0) is 16.0. The molecule has 0 saturated carbocycles. The average molecular weight is 299 g/mol. The molecule has 0 bridgehead atoms. The molecule has 7 nitrogen and oxygen atoms in total. The van der Waals surface area contributed by atoms with Crippen LogP contribution in [-0.4, -0.2) is 47.6 Å². The lowest BCUT2D eigenvalue weighted by atomic mass is 10.0. The van der Waals surface area contributed by atoms with Gasteiger partial charge in [-0.3, -0.25) is 9.59 Å². The molecule has 0 aromatic rings. The maximum absolute atomic E-state index is 12.0. The van der Waals surface area contributed by atoms with E-state index in [4.69, 9.17) is 5.11 Å². The molecule has 3 unspecified atom stereocenters. The Morgan fingerprint density at radius 2 is 1.90 bits per heavy atom. The standard InChI is InChI=1S/C14H25N3O4/c1-8(2)7-11(14(20)21)17-12(18)9(3)16-13(19)10-5-4-6-15-10/h8-11,15H,4-7H2,1-3H3,(H,16,19)(H,17,18)(H,20,21). The van der Waals surface area contributed by atoms with Crippen molar-refractivity contribution in [2.24, 2.45) is 5.92 Å². The van der Waals surface area contributed by atoms with Gasteiger partial charge in [0, 0.05) is 0 Å². The molecule has 0 aliphatic carbocycles. The predicted molar refractivity (Wildman–Crippen MR) is 77.7 cm³/mol. The summed E-state index contributed by atoms with van der Waals surface area (Å²) in [7, 11) is 0. The molecule has 7 heteroatoms. The van der Waals surface area contributed by atoms with Gasteiger partial charge in [-0.25, -0.2) is 4.79 Å². The van der Waals surface area contributed by atoms with Crippen LogP contribution in [0.3, 0.4) is 0 Å². The summed E-state index contributed by atoms with van der Waals surface area (Å²) >= 11 is 0. The lowest BCUT2D eigenvalue weighted by Crippen LogP contribution is -2.53. The van der Waals surface area contributed by atoms with Gasteiger partial charge in [-0.15, -0.1) is 0 Å². The Kier molecular flexibility index (Phi) is 6.61. The summed E-state index contributed by atoms with van der Waals surface area (Å²) in [4.78, 5) is 35.0. The van der Waals surface area contributed by atoms with Crippen LogP contribution < -0.4 is 16.0 Å². The van der Waals surface area contributed by atoms with Crippen molar-refractivity contribution < 1.29 is 19.5 Å². The quantitative estimate of drug-likeness (QED) is 0.523. The first kappa shape index (κ1) is 17.4. The number of amides is 2. The van der Waals surface area contributed by atoms with Gasteiger partial charge in [-0.2, -0.15) is 0 Å². The number of nitrogens with one attached hydrogen (secondary N) is 3. The van der Waals surface area contributed by atoms with E-state index in [0.717, 1.165) is 19.4 Å². The van der Waals surface area contributed by atoms with Gasteiger partial charge in [0.2, 0.25) is 11.8 Å². The monoisotopic (exact) mass is 299 g/mol. The largest absolute Gasteiger partial charge is 0.480 e. The molecule has 120 valence electrons. The van der Waals surface area contributed by atoms with Crippen LogP contribution in [0, 0.1) is 5.92 Å². The van der Waals surface area contributed by atoms with Crippen molar-refractivity contribution in [3.05, 3.63) is 0 Å². The third-order valence-electron chi connectivity index (χ3n) is 3.45. The minimum absolute atomic E-state index is 0.152. The number of hydrogen-bond donors (Lipinski definition) is 4. The lowest BCUT2D eigenvalue weighted by molar-refractivity contribution is -0.142. The number of carbonyl (C=O) groups excluding carboxylic acids is 2. The SMILES string of the molecule is CC(C)CC(NC(=O)C(C)NC(=O)C1CCCN1)C(=O)O.